The maximum Gasteiger partial charge on any atom is 0.0727 e. The van der Waals surface area contributed by atoms with E-state index in [4.69, 9.17) is 0 Å². The summed E-state index contributed by atoms with van der Waals surface area (Å²) in [6.07, 6.45) is 11.2. The van der Waals surface area contributed by atoms with E-state index in [1.165, 1.54) is 0 Å². The van der Waals surface area contributed by atoms with Crippen molar-refractivity contribution >= 4 is 23.5 Å². The van der Waals surface area contributed by atoms with Crippen LogP contribution in [0, 0.1) is 0 Å². The fraction of sp³-hybridized carbons (Fsp3) is 0.294. The molecule has 20 heavy (non-hydrogen) atoms. The van der Waals surface area contributed by atoms with Gasteiger partial charge in [-0.05, 0) is 19.9 Å². The maximum absolute atomic E-state index is 9.88. The molecule has 0 aliphatic heterocycles. The van der Waals surface area contributed by atoms with Gasteiger partial charge in [0.2, 0.25) is 0 Å². The van der Waals surface area contributed by atoms with E-state index in [1.807, 2.05) is 50.3 Å². The summed E-state index contributed by atoms with van der Waals surface area (Å²) < 4.78 is 0. The molecular formula is C17H26OS2. The van der Waals surface area contributed by atoms with Crippen LogP contribution in [-0.2, 0) is 0 Å². The highest BCUT2D eigenvalue weighted by molar-refractivity contribution is 8.04. The lowest BCUT2D eigenvalue weighted by Gasteiger charge is -2.10. The molecule has 0 aliphatic carbocycles. The molecule has 0 aromatic carbocycles. The van der Waals surface area contributed by atoms with E-state index in [9.17, 15) is 5.11 Å². The maximum atomic E-state index is 9.88. The molecule has 1 atom stereocenters. The summed E-state index contributed by atoms with van der Waals surface area (Å²) in [5.41, 5.74) is 0. The van der Waals surface area contributed by atoms with Gasteiger partial charge in [0, 0.05) is 21.3 Å². The Hall–Kier alpha value is -0.900. The molecule has 0 aromatic rings. The summed E-state index contributed by atoms with van der Waals surface area (Å²) in [7, 11) is 0. The molecule has 0 bridgehead atoms. The van der Waals surface area contributed by atoms with Crippen molar-refractivity contribution in [1.82, 2.24) is 0 Å². The first kappa shape index (κ1) is 21.4. The molecule has 0 spiro atoms. The van der Waals surface area contributed by atoms with E-state index in [1.54, 1.807) is 23.5 Å². The van der Waals surface area contributed by atoms with Crippen LogP contribution in [0.15, 0.2) is 72.6 Å². The highest BCUT2D eigenvalue weighted by Crippen LogP contribution is 2.22. The summed E-state index contributed by atoms with van der Waals surface area (Å²) in [4.78, 5) is 2.18. The molecular weight excluding hydrogens is 284 g/mol. The minimum absolute atomic E-state index is 0.330. The van der Waals surface area contributed by atoms with Gasteiger partial charge in [0.15, 0.2) is 0 Å². The topological polar surface area (TPSA) is 20.2 Å². The predicted molar refractivity (Wildman–Crippen MR) is 99.2 cm³/mol. The molecule has 0 heterocycles. The van der Waals surface area contributed by atoms with Crippen LogP contribution in [0.1, 0.15) is 13.8 Å². The van der Waals surface area contributed by atoms with Crippen molar-refractivity contribution in [3.63, 3.8) is 0 Å². The van der Waals surface area contributed by atoms with Crippen LogP contribution in [0.2, 0.25) is 0 Å². The van der Waals surface area contributed by atoms with Gasteiger partial charge < -0.3 is 5.11 Å². The number of hydrogen-bond acceptors (Lipinski definition) is 3. The first-order chi connectivity index (χ1) is 9.67. The third kappa shape index (κ3) is 12.2. The molecule has 1 nitrogen and oxygen atoms in total. The van der Waals surface area contributed by atoms with Crippen molar-refractivity contribution in [2.45, 2.75) is 20.0 Å². The van der Waals surface area contributed by atoms with E-state index in [-0.39, 0.29) is 6.10 Å². The second-order valence-electron chi connectivity index (χ2n) is 3.47. The van der Waals surface area contributed by atoms with Crippen LogP contribution in [0.25, 0.3) is 0 Å². The van der Waals surface area contributed by atoms with Crippen molar-refractivity contribution in [2.75, 3.05) is 11.5 Å². The van der Waals surface area contributed by atoms with E-state index in [0.717, 1.165) is 9.81 Å². The molecule has 0 aliphatic rings. The highest BCUT2D eigenvalue weighted by Gasteiger charge is 2.06. The fourth-order valence-electron chi connectivity index (χ4n) is 1.06. The van der Waals surface area contributed by atoms with E-state index < -0.39 is 0 Å². The van der Waals surface area contributed by atoms with Gasteiger partial charge in [-0.2, -0.15) is 0 Å². The number of rotatable bonds is 9. The van der Waals surface area contributed by atoms with E-state index in [2.05, 4.69) is 26.3 Å². The Balaban J connectivity index is 0. The van der Waals surface area contributed by atoms with Gasteiger partial charge in [-0.25, -0.2) is 0 Å². The number of aliphatic hydroxyl groups is 1. The number of aliphatic hydroxyl groups excluding tert-OH is 1. The monoisotopic (exact) mass is 310 g/mol. The lowest BCUT2D eigenvalue weighted by molar-refractivity contribution is 0.225. The van der Waals surface area contributed by atoms with Crippen molar-refractivity contribution in [2.24, 2.45) is 0 Å². The predicted octanol–water partition coefficient (Wildman–Crippen LogP) is 5.35. The second kappa shape index (κ2) is 16.2. The lowest BCUT2D eigenvalue weighted by Crippen LogP contribution is -2.13. The molecule has 0 radical (unpaired) electrons. The standard InChI is InChI=1S/C15H22OS2.C2H4/c1-5-9-10-15(8-4)18-12-13(16)11-17-14(6-2)7-3;1-2/h5-10,13,16H,2,4,11-12H2,1,3H3;1-2H2/b9-5-,14-7+,15-10+;. The van der Waals surface area contributed by atoms with Crippen molar-refractivity contribution in [1.29, 1.82) is 0 Å². The SMILES string of the molecule is C=C.C=C/C(=C\C)SCC(O)CS/C(C=C)=C/C=C\C. The van der Waals surface area contributed by atoms with Crippen LogP contribution < -0.4 is 0 Å². The molecule has 1 unspecified atom stereocenters. The van der Waals surface area contributed by atoms with Crippen molar-refractivity contribution in [3.05, 3.63) is 72.6 Å². The molecule has 3 heteroatoms. The molecule has 0 rings (SSSR count). The Morgan fingerprint density at radius 2 is 1.55 bits per heavy atom. The Labute approximate surface area is 132 Å². The molecule has 0 saturated carbocycles. The zero-order chi connectivity index (χ0) is 15.8. The van der Waals surface area contributed by atoms with Crippen LogP contribution >= 0.6 is 23.5 Å². The largest absolute Gasteiger partial charge is 0.391 e. The third-order valence-electron chi connectivity index (χ3n) is 2.02. The number of hydrogen-bond donors (Lipinski definition) is 1. The quantitative estimate of drug-likeness (QED) is 0.458. The minimum atomic E-state index is -0.330. The van der Waals surface area contributed by atoms with Gasteiger partial charge in [-0.3, -0.25) is 0 Å². The van der Waals surface area contributed by atoms with Gasteiger partial charge in [-0.15, -0.1) is 36.7 Å². The Kier molecular flexibility index (Phi) is 17.3. The van der Waals surface area contributed by atoms with Crippen LogP contribution in [0.4, 0.5) is 0 Å². The lowest BCUT2D eigenvalue weighted by atomic mass is 10.4. The van der Waals surface area contributed by atoms with Gasteiger partial charge in [0.1, 0.15) is 0 Å². The molecule has 0 saturated heterocycles. The summed E-state index contributed by atoms with van der Waals surface area (Å²) in [6, 6.07) is 0. The molecule has 0 fully saturated rings. The third-order valence-corrected chi connectivity index (χ3v) is 4.50. The number of thioether (sulfide) groups is 2. The molecule has 112 valence electrons. The van der Waals surface area contributed by atoms with Crippen LogP contribution in [-0.4, -0.2) is 22.7 Å². The summed E-state index contributed by atoms with van der Waals surface area (Å²) in [5.74, 6) is 1.36. The van der Waals surface area contributed by atoms with Crippen molar-refractivity contribution < 1.29 is 5.11 Å². The first-order valence-corrected chi connectivity index (χ1v) is 8.32. The van der Waals surface area contributed by atoms with E-state index >= 15 is 0 Å². The summed E-state index contributed by atoms with van der Waals surface area (Å²) >= 11 is 3.25. The fourth-order valence-corrected chi connectivity index (χ4v) is 2.79. The average Bonchev–Trinajstić information content (AvgIpc) is 2.50. The number of allylic oxidation sites excluding steroid dienone is 6. The van der Waals surface area contributed by atoms with E-state index in [0.29, 0.717) is 11.5 Å². The molecule has 0 aromatic heterocycles. The van der Waals surface area contributed by atoms with Gasteiger partial charge in [-0.1, -0.05) is 43.5 Å². The normalized spacial score (nSPS) is 13.6. The Morgan fingerprint density at radius 1 is 1.05 bits per heavy atom. The highest BCUT2D eigenvalue weighted by atomic mass is 32.2. The zero-order valence-corrected chi connectivity index (χ0v) is 14.2. The smallest absolute Gasteiger partial charge is 0.0727 e. The average molecular weight is 311 g/mol. The van der Waals surface area contributed by atoms with Gasteiger partial charge in [0.25, 0.3) is 0 Å². The Morgan fingerprint density at radius 3 is 1.95 bits per heavy atom. The van der Waals surface area contributed by atoms with Crippen LogP contribution in [0.5, 0.6) is 0 Å². The van der Waals surface area contributed by atoms with Gasteiger partial charge in [0.05, 0.1) is 6.10 Å². The van der Waals surface area contributed by atoms with Crippen molar-refractivity contribution in [3.8, 4) is 0 Å². The zero-order valence-electron chi connectivity index (χ0n) is 12.5. The minimum Gasteiger partial charge on any atom is -0.391 e. The molecule has 0 amide bonds. The summed E-state index contributed by atoms with van der Waals surface area (Å²) in [5, 5.41) is 9.88. The van der Waals surface area contributed by atoms with Crippen LogP contribution in [0.3, 0.4) is 0 Å². The second-order valence-corrected chi connectivity index (χ2v) is 5.66. The summed E-state index contributed by atoms with van der Waals surface area (Å²) in [6.45, 7) is 17.4. The molecule has 1 N–H and O–H groups in total. The first-order valence-electron chi connectivity index (χ1n) is 6.35. The van der Waals surface area contributed by atoms with Gasteiger partial charge >= 0.3 is 0 Å². The Bertz CT molecular complexity index is 354.